The third-order valence-electron chi connectivity index (χ3n) is 5.72. The van der Waals surface area contributed by atoms with Gasteiger partial charge in [0.1, 0.15) is 23.5 Å². The summed E-state index contributed by atoms with van der Waals surface area (Å²) in [5.74, 6) is 1.69. The highest BCUT2D eigenvalue weighted by Crippen LogP contribution is 2.39. The molecule has 0 radical (unpaired) electrons. The van der Waals surface area contributed by atoms with Crippen molar-refractivity contribution in [3.8, 4) is 5.75 Å². The van der Waals surface area contributed by atoms with Crippen LogP contribution in [0.4, 0.5) is 5.82 Å². The van der Waals surface area contributed by atoms with Crippen molar-refractivity contribution >= 4 is 11.5 Å². The Morgan fingerprint density at radius 3 is 2.70 bits per heavy atom. The molecule has 1 N–H and O–H groups in total. The number of fused-ring (bicyclic) bond motifs is 2. The Labute approximate surface area is 159 Å². The fraction of sp³-hybridized carbons (Fsp3) is 0.476. The number of anilines is 1. The van der Waals surface area contributed by atoms with Crippen molar-refractivity contribution in [2.45, 2.75) is 50.4 Å². The van der Waals surface area contributed by atoms with E-state index in [1.54, 1.807) is 6.33 Å². The van der Waals surface area contributed by atoms with E-state index in [0.29, 0.717) is 23.6 Å². The molecule has 2 bridgehead atoms. The zero-order valence-corrected chi connectivity index (χ0v) is 15.5. The van der Waals surface area contributed by atoms with Crippen molar-refractivity contribution in [3.05, 3.63) is 47.9 Å². The monoisotopic (exact) mass is 364 g/mol. The summed E-state index contributed by atoms with van der Waals surface area (Å²) in [5.41, 5.74) is 1.80. The van der Waals surface area contributed by atoms with E-state index in [4.69, 9.17) is 14.9 Å². The zero-order valence-electron chi connectivity index (χ0n) is 15.5. The minimum atomic E-state index is -0.0292. The van der Waals surface area contributed by atoms with Gasteiger partial charge in [0.05, 0.1) is 23.6 Å². The van der Waals surface area contributed by atoms with E-state index in [1.807, 2.05) is 30.3 Å². The number of hydrogen-bond donors (Lipinski definition) is 1. The third kappa shape index (κ3) is 3.41. The molecule has 3 heterocycles. The van der Waals surface area contributed by atoms with Gasteiger partial charge in [-0.3, -0.25) is 5.41 Å². The Kier molecular flexibility index (Phi) is 3.90. The van der Waals surface area contributed by atoms with Gasteiger partial charge in [-0.05, 0) is 44.7 Å². The Bertz CT molecular complexity index is 868. The molecule has 2 unspecified atom stereocenters. The molecule has 6 nitrogen and oxygen atoms in total. The molecular formula is C21H24N4O2. The molecule has 2 aromatic rings. The SMILES string of the molecule is CC1(Oc2cccc(C(=N)c3cc(N4CC5CCC(C4)O5)ncn3)c2)CC1. The molecule has 0 spiro atoms. The number of ether oxygens (including phenoxy) is 2. The van der Waals surface area contributed by atoms with Gasteiger partial charge < -0.3 is 14.4 Å². The number of nitrogens with zero attached hydrogens (tertiary/aromatic N) is 3. The van der Waals surface area contributed by atoms with Crippen LogP contribution in [0.2, 0.25) is 0 Å². The number of benzene rings is 1. The Morgan fingerprint density at radius 2 is 1.96 bits per heavy atom. The summed E-state index contributed by atoms with van der Waals surface area (Å²) in [5, 5.41) is 8.63. The molecule has 1 aromatic heterocycles. The summed E-state index contributed by atoms with van der Waals surface area (Å²) < 4.78 is 12.0. The maximum atomic E-state index is 8.63. The van der Waals surface area contributed by atoms with E-state index in [9.17, 15) is 0 Å². The van der Waals surface area contributed by atoms with Crippen LogP contribution in [-0.4, -0.2) is 46.6 Å². The lowest BCUT2D eigenvalue weighted by atomic mass is 10.1. The number of morpholine rings is 1. The van der Waals surface area contributed by atoms with Crippen LogP contribution in [0.1, 0.15) is 43.9 Å². The van der Waals surface area contributed by atoms with Gasteiger partial charge in [0, 0.05) is 24.7 Å². The fourth-order valence-electron chi connectivity index (χ4n) is 3.88. The first-order chi connectivity index (χ1) is 13.1. The largest absolute Gasteiger partial charge is 0.488 e. The summed E-state index contributed by atoms with van der Waals surface area (Å²) in [4.78, 5) is 11.1. The molecule has 1 aliphatic carbocycles. The maximum Gasteiger partial charge on any atom is 0.132 e. The zero-order chi connectivity index (χ0) is 18.4. The average Bonchev–Trinajstić information content (AvgIpc) is 3.32. The van der Waals surface area contributed by atoms with Gasteiger partial charge in [-0.1, -0.05) is 12.1 Å². The highest BCUT2D eigenvalue weighted by Gasteiger charge is 2.40. The molecule has 140 valence electrons. The first-order valence-electron chi connectivity index (χ1n) is 9.69. The van der Waals surface area contributed by atoms with E-state index in [2.05, 4.69) is 21.8 Å². The van der Waals surface area contributed by atoms with Crippen molar-refractivity contribution in [2.75, 3.05) is 18.0 Å². The molecule has 3 fully saturated rings. The second-order valence-corrected chi connectivity index (χ2v) is 8.08. The van der Waals surface area contributed by atoms with Crippen LogP contribution >= 0.6 is 0 Å². The van der Waals surface area contributed by atoms with Crippen molar-refractivity contribution in [1.82, 2.24) is 9.97 Å². The third-order valence-corrected chi connectivity index (χ3v) is 5.72. The predicted octanol–water partition coefficient (Wildman–Crippen LogP) is 3.19. The lowest BCUT2D eigenvalue weighted by molar-refractivity contribution is 0.0302. The normalized spacial score (nSPS) is 25.3. The molecule has 3 aliphatic rings. The van der Waals surface area contributed by atoms with Crippen LogP contribution in [0.15, 0.2) is 36.7 Å². The predicted molar refractivity (Wildman–Crippen MR) is 103 cm³/mol. The van der Waals surface area contributed by atoms with E-state index in [-0.39, 0.29) is 5.60 Å². The molecule has 1 aromatic carbocycles. The number of hydrogen-bond acceptors (Lipinski definition) is 6. The van der Waals surface area contributed by atoms with Gasteiger partial charge in [0.15, 0.2) is 0 Å². The fourth-order valence-corrected chi connectivity index (χ4v) is 3.88. The Hall–Kier alpha value is -2.47. The first-order valence-corrected chi connectivity index (χ1v) is 9.69. The highest BCUT2D eigenvalue weighted by molar-refractivity contribution is 6.10. The second kappa shape index (κ2) is 6.30. The molecule has 2 saturated heterocycles. The topological polar surface area (TPSA) is 71.3 Å². The molecule has 6 heteroatoms. The lowest BCUT2D eigenvalue weighted by Crippen LogP contribution is -2.43. The minimum Gasteiger partial charge on any atom is -0.488 e. The first kappa shape index (κ1) is 16.7. The lowest BCUT2D eigenvalue weighted by Gasteiger charge is -2.33. The molecule has 5 rings (SSSR count). The van der Waals surface area contributed by atoms with Crippen LogP contribution in [0.3, 0.4) is 0 Å². The van der Waals surface area contributed by atoms with Gasteiger partial charge in [0.25, 0.3) is 0 Å². The Morgan fingerprint density at radius 1 is 1.19 bits per heavy atom. The van der Waals surface area contributed by atoms with Gasteiger partial charge in [-0.15, -0.1) is 0 Å². The molecule has 2 aliphatic heterocycles. The molecule has 1 saturated carbocycles. The van der Waals surface area contributed by atoms with Gasteiger partial charge in [-0.25, -0.2) is 9.97 Å². The number of aromatic nitrogens is 2. The standard InChI is InChI=1S/C21H24N4O2/c1-21(7-8-21)27-15-4-2-3-14(9-15)20(22)18-10-19(24-13-23-18)25-11-16-5-6-17(12-25)26-16/h2-4,9-10,13,16-17,22H,5-8,11-12H2,1H3. The van der Waals surface area contributed by atoms with E-state index >= 15 is 0 Å². The van der Waals surface area contributed by atoms with Crippen LogP contribution in [0.5, 0.6) is 5.75 Å². The van der Waals surface area contributed by atoms with Crippen molar-refractivity contribution < 1.29 is 9.47 Å². The minimum absolute atomic E-state index is 0.0292. The Balaban J connectivity index is 1.37. The summed E-state index contributed by atoms with van der Waals surface area (Å²) in [7, 11) is 0. The van der Waals surface area contributed by atoms with Crippen molar-refractivity contribution in [1.29, 1.82) is 5.41 Å². The average molecular weight is 364 g/mol. The summed E-state index contributed by atoms with van der Waals surface area (Å²) in [6.45, 7) is 3.85. The summed E-state index contributed by atoms with van der Waals surface area (Å²) >= 11 is 0. The van der Waals surface area contributed by atoms with Crippen LogP contribution in [0, 0.1) is 5.41 Å². The molecule has 2 atom stereocenters. The van der Waals surface area contributed by atoms with Crippen LogP contribution in [-0.2, 0) is 4.74 Å². The van der Waals surface area contributed by atoms with Gasteiger partial charge in [0.2, 0.25) is 0 Å². The van der Waals surface area contributed by atoms with Crippen molar-refractivity contribution in [3.63, 3.8) is 0 Å². The van der Waals surface area contributed by atoms with Crippen molar-refractivity contribution in [2.24, 2.45) is 0 Å². The van der Waals surface area contributed by atoms with Crippen LogP contribution < -0.4 is 9.64 Å². The maximum absolute atomic E-state index is 8.63. The number of rotatable bonds is 5. The van der Waals surface area contributed by atoms with E-state index in [1.165, 1.54) is 0 Å². The highest BCUT2D eigenvalue weighted by atomic mass is 16.5. The number of nitrogens with one attached hydrogen (secondary N) is 1. The molecular weight excluding hydrogens is 340 g/mol. The van der Waals surface area contributed by atoms with Gasteiger partial charge in [-0.2, -0.15) is 0 Å². The second-order valence-electron chi connectivity index (χ2n) is 8.08. The van der Waals surface area contributed by atoms with Crippen LogP contribution in [0.25, 0.3) is 0 Å². The van der Waals surface area contributed by atoms with E-state index < -0.39 is 0 Å². The molecule has 27 heavy (non-hydrogen) atoms. The van der Waals surface area contributed by atoms with E-state index in [0.717, 1.165) is 55.9 Å². The van der Waals surface area contributed by atoms with Gasteiger partial charge >= 0.3 is 0 Å². The summed E-state index contributed by atoms with van der Waals surface area (Å²) in [6.07, 6.45) is 6.60. The summed E-state index contributed by atoms with van der Waals surface area (Å²) in [6, 6.07) is 9.68. The molecule has 0 amide bonds. The smallest absolute Gasteiger partial charge is 0.132 e. The quantitative estimate of drug-likeness (QED) is 0.825.